The standard InChI is InChI=1S/C6H9N/c1-5-2-3-6(7)4-5/h3-4H,2,7H2,1H3. The van der Waals surface area contributed by atoms with Crippen LogP contribution in [-0.2, 0) is 0 Å². The van der Waals surface area contributed by atoms with E-state index in [1.54, 1.807) is 0 Å². The van der Waals surface area contributed by atoms with Crippen molar-refractivity contribution in [3.63, 3.8) is 0 Å². The largest absolute Gasteiger partial charge is 0.399 e. The summed E-state index contributed by atoms with van der Waals surface area (Å²) in [6, 6.07) is 0. The molecule has 1 aliphatic rings. The maximum atomic E-state index is 5.41. The van der Waals surface area contributed by atoms with Crippen LogP contribution in [0.5, 0.6) is 0 Å². The molecule has 0 spiro atoms. The molecule has 38 valence electrons. The van der Waals surface area contributed by atoms with Crippen LogP contribution in [0.3, 0.4) is 0 Å². The van der Waals surface area contributed by atoms with Crippen LogP contribution in [0.25, 0.3) is 0 Å². The van der Waals surface area contributed by atoms with E-state index in [4.69, 9.17) is 5.73 Å². The highest BCUT2D eigenvalue weighted by atomic mass is 14.6. The van der Waals surface area contributed by atoms with Gasteiger partial charge in [0, 0.05) is 5.70 Å². The maximum absolute atomic E-state index is 5.41. The summed E-state index contributed by atoms with van der Waals surface area (Å²) in [7, 11) is 0. The van der Waals surface area contributed by atoms with Crippen LogP contribution in [0.15, 0.2) is 23.4 Å². The fourth-order valence-corrected chi connectivity index (χ4v) is 0.681. The summed E-state index contributed by atoms with van der Waals surface area (Å²) < 4.78 is 0. The molecule has 1 aliphatic carbocycles. The third-order valence-electron chi connectivity index (χ3n) is 1.07. The summed E-state index contributed by atoms with van der Waals surface area (Å²) >= 11 is 0. The first-order valence-electron chi connectivity index (χ1n) is 2.42. The van der Waals surface area contributed by atoms with Crippen LogP contribution >= 0.6 is 0 Å². The van der Waals surface area contributed by atoms with Gasteiger partial charge in [-0.1, -0.05) is 11.6 Å². The molecule has 1 heteroatoms. The van der Waals surface area contributed by atoms with Crippen molar-refractivity contribution in [3.05, 3.63) is 23.4 Å². The molecule has 0 heterocycles. The lowest BCUT2D eigenvalue weighted by molar-refractivity contribution is 1.25. The molecule has 0 radical (unpaired) electrons. The molecular formula is C6H9N. The van der Waals surface area contributed by atoms with E-state index < -0.39 is 0 Å². The molecule has 0 saturated carbocycles. The molecule has 0 atom stereocenters. The van der Waals surface area contributed by atoms with Crippen LogP contribution in [0.4, 0.5) is 0 Å². The molecule has 0 fully saturated rings. The monoisotopic (exact) mass is 95.1 g/mol. The van der Waals surface area contributed by atoms with Crippen molar-refractivity contribution in [2.75, 3.05) is 0 Å². The molecule has 0 aliphatic heterocycles. The third kappa shape index (κ3) is 0.829. The summed E-state index contributed by atoms with van der Waals surface area (Å²) in [5.41, 5.74) is 7.68. The minimum Gasteiger partial charge on any atom is -0.399 e. The van der Waals surface area contributed by atoms with E-state index in [1.807, 2.05) is 12.2 Å². The van der Waals surface area contributed by atoms with Crippen molar-refractivity contribution in [2.45, 2.75) is 13.3 Å². The average molecular weight is 95.1 g/mol. The molecule has 1 rings (SSSR count). The maximum Gasteiger partial charge on any atom is 0.0276 e. The number of hydrogen-bond donors (Lipinski definition) is 1. The molecule has 1 nitrogen and oxygen atoms in total. The van der Waals surface area contributed by atoms with Crippen molar-refractivity contribution in [1.29, 1.82) is 0 Å². The highest BCUT2D eigenvalue weighted by Crippen LogP contribution is 2.11. The van der Waals surface area contributed by atoms with Crippen LogP contribution in [-0.4, -0.2) is 0 Å². The predicted octanol–water partition coefficient (Wildman–Crippen LogP) is 1.18. The van der Waals surface area contributed by atoms with Crippen LogP contribution in [0, 0.1) is 0 Å². The van der Waals surface area contributed by atoms with Crippen LogP contribution < -0.4 is 5.73 Å². The van der Waals surface area contributed by atoms with E-state index >= 15 is 0 Å². The summed E-state index contributed by atoms with van der Waals surface area (Å²) in [6.45, 7) is 2.08. The summed E-state index contributed by atoms with van der Waals surface area (Å²) in [6.07, 6.45) is 5.07. The number of rotatable bonds is 0. The minimum absolute atomic E-state index is 0.914. The first kappa shape index (κ1) is 4.44. The van der Waals surface area contributed by atoms with Crippen molar-refractivity contribution in [1.82, 2.24) is 0 Å². The van der Waals surface area contributed by atoms with E-state index in [1.165, 1.54) is 5.57 Å². The zero-order valence-corrected chi connectivity index (χ0v) is 4.44. The highest BCUT2D eigenvalue weighted by molar-refractivity contribution is 5.28. The van der Waals surface area contributed by atoms with Gasteiger partial charge in [0.15, 0.2) is 0 Å². The molecule has 2 N–H and O–H groups in total. The highest BCUT2D eigenvalue weighted by Gasteiger charge is 1.94. The van der Waals surface area contributed by atoms with Gasteiger partial charge in [-0.3, -0.25) is 0 Å². The molecule has 0 bridgehead atoms. The zero-order valence-electron chi connectivity index (χ0n) is 4.44. The Morgan fingerprint density at radius 2 is 2.43 bits per heavy atom. The zero-order chi connectivity index (χ0) is 5.28. The Morgan fingerprint density at radius 3 is 2.57 bits per heavy atom. The number of hydrogen-bond acceptors (Lipinski definition) is 1. The third-order valence-corrected chi connectivity index (χ3v) is 1.07. The Morgan fingerprint density at radius 1 is 1.71 bits per heavy atom. The summed E-state index contributed by atoms with van der Waals surface area (Å²) in [5.74, 6) is 0. The Labute approximate surface area is 43.5 Å². The van der Waals surface area contributed by atoms with Crippen LogP contribution in [0.1, 0.15) is 13.3 Å². The smallest absolute Gasteiger partial charge is 0.0276 e. The van der Waals surface area contributed by atoms with Gasteiger partial charge < -0.3 is 5.73 Å². The van der Waals surface area contributed by atoms with Crippen molar-refractivity contribution < 1.29 is 0 Å². The predicted molar refractivity (Wildman–Crippen MR) is 30.6 cm³/mol. The molecule has 0 aromatic heterocycles. The second kappa shape index (κ2) is 1.41. The van der Waals surface area contributed by atoms with Gasteiger partial charge in [-0.2, -0.15) is 0 Å². The first-order valence-corrected chi connectivity index (χ1v) is 2.42. The molecule has 0 aromatic carbocycles. The molecule has 7 heavy (non-hydrogen) atoms. The topological polar surface area (TPSA) is 26.0 Å². The SMILES string of the molecule is CC1=CC(N)=CC1. The fraction of sp³-hybridized carbons (Fsp3) is 0.333. The summed E-state index contributed by atoms with van der Waals surface area (Å²) in [4.78, 5) is 0. The van der Waals surface area contributed by atoms with E-state index in [0.29, 0.717) is 0 Å². The molecular weight excluding hydrogens is 86.1 g/mol. The second-order valence-electron chi connectivity index (χ2n) is 1.90. The lowest BCUT2D eigenvalue weighted by Gasteiger charge is -1.79. The van der Waals surface area contributed by atoms with E-state index in [0.717, 1.165) is 12.1 Å². The molecule has 0 saturated heterocycles. The Kier molecular flexibility index (Phi) is 0.895. The Bertz CT molecular complexity index is 131. The van der Waals surface area contributed by atoms with Crippen molar-refractivity contribution >= 4 is 0 Å². The van der Waals surface area contributed by atoms with Gasteiger partial charge in [-0.25, -0.2) is 0 Å². The normalized spacial score (nSPS) is 19.0. The van der Waals surface area contributed by atoms with E-state index in [-0.39, 0.29) is 0 Å². The second-order valence-corrected chi connectivity index (χ2v) is 1.90. The lowest BCUT2D eigenvalue weighted by Crippen LogP contribution is -1.87. The van der Waals surface area contributed by atoms with Gasteiger partial charge in [0.25, 0.3) is 0 Å². The Balaban J connectivity index is 2.69. The van der Waals surface area contributed by atoms with Gasteiger partial charge >= 0.3 is 0 Å². The fourth-order valence-electron chi connectivity index (χ4n) is 0.681. The lowest BCUT2D eigenvalue weighted by atomic mass is 10.3. The Hall–Kier alpha value is -0.720. The number of allylic oxidation sites excluding steroid dienone is 3. The molecule has 0 aromatic rings. The summed E-state index contributed by atoms with van der Waals surface area (Å²) in [5, 5.41) is 0. The van der Waals surface area contributed by atoms with E-state index in [2.05, 4.69) is 6.92 Å². The van der Waals surface area contributed by atoms with Crippen molar-refractivity contribution in [3.8, 4) is 0 Å². The molecule has 0 amide bonds. The first-order chi connectivity index (χ1) is 3.29. The van der Waals surface area contributed by atoms with Gasteiger partial charge in [0.05, 0.1) is 0 Å². The average Bonchev–Trinajstić information content (AvgIpc) is 1.87. The minimum atomic E-state index is 0.914. The van der Waals surface area contributed by atoms with Gasteiger partial charge in [0.2, 0.25) is 0 Å². The van der Waals surface area contributed by atoms with Crippen LogP contribution in [0.2, 0.25) is 0 Å². The van der Waals surface area contributed by atoms with Gasteiger partial charge in [-0.15, -0.1) is 0 Å². The van der Waals surface area contributed by atoms with Gasteiger partial charge in [-0.05, 0) is 19.4 Å². The van der Waals surface area contributed by atoms with E-state index in [9.17, 15) is 0 Å². The molecule has 0 unspecified atom stereocenters. The van der Waals surface area contributed by atoms with Gasteiger partial charge in [0.1, 0.15) is 0 Å². The quantitative estimate of drug-likeness (QED) is 0.480. The van der Waals surface area contributed by atoms with Crippen molar-refractivity contribution in [2.24, 2.45) is 5.73 Å². The number of nitrogens with two attached hydrogens (primary N) is 1.